The maximum Gasteiger partial charge on any atom is 0.242 e. The first-order valence-corrected chi connectivity index (χ1v) is 10.9. The minimum atomic E-state index is -0.519. The first kappa shape index (κ1) is 22.6. The summed E-state index contributed by atoms with van der Waals surface area (Å²) in [5, 5.41) is 4.12. The van der Waals surface area contributed by atoms with Gasteiger partial charge in [0.25, 0.3) is 0 Å². The molecule has 4 nitrogen and oxygen atoms in total. The third-order valence-corrected chi connectivity index (χ3v) is 5.68. The molecule has 0 saturated carbocycles. The molecule has 0 spiro atoms. The minimum Gasteiger partial charge on any atom is -0.355 e. The second-order valence-corrected chi connectivity index (χ2v) is 8.13. The number of rotatable bonds is 9. The highest BCUT2D eigenvalue weighted by Gasteiger charge is 2.28. The highest BCUT2D eigenvalue weighted by atomic mass is 35.5. The molecule has 0 bridgehead atoms. The fourth-order valence-electron chi connectivity index (χ4n) is 2.76. The van der Waals surface area contributed by atoms with Crippen LogP contribution in [0.1, 0.15) is 25.8 Å². The zero-order valence-corrected chi connectivity index (χ0v) is 18.3. The Morgan fingerprint density at radius 2 is 1.57 bits per heavy atom. The number of amides is 2. The molecular weight excluding hydrogens is 415 g/mol. The summed E-state index contributed by atoms with van der Waals surface area (Å²) in [5.74, 6) is 0.0160. The molecule has 2 rings (SSSR count). The molecule has 0 aliphatic rings. The van der Waals surface area contributed by atoms with E-state index < -0.39 is 6.04 Å². The summed E-state index contributed by atoms with van der Waals surface area (Å²) in [5.41, 5.74) is 0.928. The third kappa shape index (κ3) is 6.73. The lowest BCUT2D eigenvalue weighted by Crippen LogP contribution is -2.49. The molecule has 0 radical (unpaired) electrons. The van der Waals surface area contributed by atoms with Crippen molar-refractivity contribution < 1.29 is 9.59 Å². The van der Waals surface area contributed by atoms with Crippen LogP contribution in [0.5, 0.6) is 0 Å². The van der Waals surface area contributed by atoms with E-state index in [1.165, 1.54) is 11.8 Å². The Labute approximate surface area is 180 Å². The number of carbonyl (C=O) groups excluding carboxylic acids is 2. The van der Waals surface area contributed by atoms with Gasteiger partial charge in [-0.1, -0.05) is 42.3 Å². The number of hydrogen-bond acceptors (Lipinski definition) is 3. The van der Waals surface area contributed by atoms with Gasteiger partial charge in [0.2, 0.25) is 11.8 Å². The van der Waals surface area contributed by atoms with Gasteiger partial charge >= 0.3 is 0 Å². The van der Waals surface area contributed by atoms with Crippen molar-refractivity contribution in [3.63, 3.8) is 0 Å². The van der Waals surface area contributed by atoms with Crippen LogP contribution in [0.3, 0.4) is 0 Å². The van der Waals surface area contributed by atoms with Gasteiger partial charge in [0, 0.05) is 28.0 Å². The Hall–Kier alpha value is -1.69. The van der Waals surface area contributed by atoms with Crippen molar-refractivity contribution in [2.45, 2.75) is 37.8 Å². The predicted molar refractivity (Wildman–Crippen MR) is 117 cm³/mol. The third-order valence-electron chi connectivity index (χ3n) is 4.18. The molecule has 0 aliphatic carbocycles. The van der Waals surface area contributed by atoms with E-state index in [1.807, 2.05) is 38.1 Å². The molecule has 0 saturated heterocycles. The van der Waals surface area contributed by atoms with E-state index in [0.29, 0.717) is 29.6 Å². The zero-order valence-electron chi connectivity index (χ0n) is 16.0. The number of carbonyl (C=O) groups is 2. The van der Waals surface area contributed by atoms with Crippen LogP contribution in [0.4, 0.5) is 0 Å². The van der Waals surface area contributed by atoms with E-state index in [2.05, 4.69) is 5.32 Å². The number of thioether (sulfide) groups is 1. The quantitative estimate of drug-likeness (QED) is 0.558. The molecule has 0 heterocycles. The predicted octanol–water partition coefficient (Wildman–Crippen LogP) is 5.03. The monoisotopic (exact) mass is 438 g/mol. The van der Waals surface area contributed by atoms with Crippen molar-refractivity contribution in [2.24, 2.45) is 0 Å². The van der Waals surface area contributed by atoms with Crippen molar-refractivity contribution in [3.8, 4) is 0 Å². The molecule has 0 aromatic heterocycles. The van der Waals surface area contributed by atoms with E-state index in [-0.39, 0.29) is 17.6 Å². The Morgan fingerprint density at radius 1 is 1.00 bits per heavy atom. The summed E-state index contributed by atoms with van der Waals surface area (Å²) in [6.45, 7) is 4.66. The summed E-state index contributed by atoms with van der Waals surface area (Å²) in [6.07, 6.45) is 0.538. The van der Waals surface area contributed by atoms with Gasteiger partial charge in [-0.05, 0) is 55.3 Å². The van der Waals surface area contributed by atoms with Crippen molar-refractivity contribution in [1.82, 2.24) is 10.2 Å². The lowest BCUT2D eigenvalue weighted by molar-refractivity contribution is -0.139. The number of halogens is 2. The average Bonchev–Trinajstić information content (AvgIpc) is 2.69. The molecule has 0 aliphatic heterocycles. The van der Waals surface area contributed by atoms with Crippen LogP contribution < -0.4 is 5.32 Å². The Balaban J connectivity index is 2.16. The number of nitrogens with one attached hydrogen (secondary N) is 1. The van der Waals surface area contributed by atoms with Crippen LogP contribution in [0.2, 0.25) is 10.0 Å². The topological polar surface area (TPSA) is 49.4 Å². The molecule has 2 aromatic rings. The molecule has 28 heavy (non-hydrogen) atoms. The first-order valence-electron chi connectivity index (χ1n) is 9.14. The maximum atomic E-state index is 13.0. The van der Waals surface area contributed by atoms with Crippen molar-refractivity contribution in [1.29, 1.82) is 0 Å². The van der Waals surface area contributed by atoms with Crippen LogP contribution in [-0.2, 0) is 16.1 Å². The van der Waals surface area contributed by atoms with Crippen molar-refractivity contribution in [3.05, 3.63) is 64.1 Å². The molecule has 1 atom stereocenters. The number of hydrogen-bond donors (Lipinski definition) is 1. The fraction of sp³-hybridized carbons (Fsp3) is 0.333. The van der Waals surface area contributed by atoms with E-state index in [0.717, 1.165) is 10.5 Å². The summed E-state index contributed by atoms with van der Waals surface area (Å²) >= 11 is 13.3. The summed E-state index contributed by atoms with van der Waals surface area (Å²) in [6, 6.07) is 14.2. The van der Waals surface area contributed by atoms with Crippen LogP contribution in [-0.4, -0.2) is 35.1 Å². The molecule has 0 unspecified atom stereocenters. The second-order valence-electron chi connectivity index (χ2n) is 6.21. The number of nitrogens with zero attached hydrogens (tertiary/aromatic N) is 1. The average molecular weight is 439 g/mol. The van der Waals surface area contributed by atoms with E-state index in [4.69, 9.17) is 23.2 Å². The van der Waals surface area contributed by atoms with Gasteiger partial charge in [-0.25, -0.2) is 0 Å². The van der Waals surface area contributed by atoms with Gasteiger partial charge in [0.1, 0.15) is 6.04 Å². The Morgan fingerprint density at radius 3 is 2.11 bits per heavy atom. The molecule has 2 aromatic carbocycles. The Bertz CT molecular complexity index is 782. The van der Waals surface area contributed by atoms with Gasteiger partial charge in [-0.2, -0.15) is 0 Å². The maximum absolute atomic E-state index is 13.0. The molecule has 1 N–H and O–H groups in total. The molecular formula is C21H24Cl2N2O2S. The van der Waals surface area contributed by atoms with Gasteiger partial charge < -0.3 is 10.2 Å². The Kier molecular flexibility index (Phi) is 9.16. The van der Waals surface area contributed by atoms with Crippen molar-refractivity contribution >= 4 is 46.8 Å². The molecule has 7 heteroatoms. The zero-order chi connectivity index (χ0) is 20.5. The van der Waals surface area contributed by atoms with Crippen LogP contribution in [0, 0.1) is 0 Å². The van der Waals surface area contributed by atoms with E-state index in [9.17, 15) is 9.59 Å². The SMILES string of the molecule is CCNC(=O)[C@H](CC)N(Cc1ccc(Cl)cc1)C(=O)CSc1ccc(Cl)cc1. The standard InChI is InChI=1S/C21H24Cl2N2O2S/c1-3-19(21(27)24-4-2)25(13-15-5-7-16(22)8-6-15)20(26)14-28-18-11-9-17(23)10-12-18/h5-12,19H,3-4,13-14H2,1-2H3,(H,24,27)/t19-/m0/s1. The molecule has 150 valence electrons. The first-order chi connectivity index (χ1) is 13.4. The summed E-state index contributed by atoms with van der Waals surface area (Å²) in [4.78, 5) is 28.2. The second kappa shape index (κ2) is 11.3. The normalized spacial score (nSPS) is 11.7. The number of likely N-dealkylation sites (N-methyl/N-ethyl adjacent to an activating group) is 1. The minimum absolute atomic E-state index is 0.0898. The number of benzene rings is 2. The van der Waals surface area contributed by atoms with Crippen molar-refractivity contribution in [2.75, 3.05) is 12.3 Å². The van der Waals surface area contributed by atoms with Crippen LogP contribution in [0.15, 0.2) is 53.4 Å². The molecule has 0 fully saturated rings. The van der Waals surface area contributed by atoms with Crippen LogP contribution in [0.25, 0.3) is 0 Å². The van der Waals surface area contributed by atoms with Crippen LogP contribution >= 0.6 is 35.0 Å². The van der Waals surface area contributed by atoms with Gasteiger partial charge in [-0.3, -0.25) is 9.59 Å². The summed E-state index contributed by atoms with van der Waals surface area (Å²) in [7, 11) is 0. The highest BCUT2D eigenvalue weighted by molar-refractivity contribution is 8.00. The smallest absolute Gasteiger partial charge is 0.242 e. The largest absolute Gasteiger partial charge is 0.355 e. The van der Waals surface area contributed by atoms with Gasteiger partial charge in [-0.15, -0.1) is 11.8 Å². The van der Waals surface area contributed by atoms with E-state index >= 15 is 0 Å². The molecule has 2 amide bonds. The van der Waals surface area contributed by atoms with E-state index in [1.54, 1.807) is 29.2 Å². The fourth-order valence-corrected chi connectivity index (χ4v) is 3.79. The van der Waals surface area contributed by atoms with Gasteiger partial charge in [0.15, 0.2) is 0 Å². The lowest BCUT2D eigenvalue weighted by Gasteiger charge is -2.30. The highest BCUT2D eigenvalue weighted by Crippen LogP contribution is 2.22. The summed E-state index contributed by atoms with van der Waals surface area (Å²) < 4.78 is 0. The lowest BCUT2D eigenvalue weighted by atomic mass is 10.1. The van der Waals surface area contributed by atoms with Gasteiger partial charge in [0.05, 0.1) is 5.75 Å².